The van der Waals surface area contributed by atoms with Crippen LogP contribution >= 0.6 is 11.6 Å². The maximum atomic E-state index is 13.3. The van der Waals surface area contributed by atoms with Crippen LogP contribution in [-0.4, -0.2) is 16.2 Å². The van der Waals surface area contributed by atoms with E-state index in [9.17, 15) is 4.79 Å². The average molecular weight is 475 g/mol. The Kier molecular flexibility index (Phi) is 7.08. The van der Waals surface area contributed by atoms with E-state index in [1.54, 1.807) is 4.57 Å². The monoisotopic (exact) mass is 474 g/mol. The van der Waals surface area contributed by atoms with Crippen molar-refractivity contribution in [3.05, 3.63) is 93.2 Å². The number of unbranched alkanes of at least 4 members (excludes halogenated alkanes) is 1. The second-order valence-corrected chi connectivity index (χ2v) is 10.2. The van der Waals surface area contributed by atoms with Gasteiger partial charge in [0.2, 0.25) is 0 Å². The van der Waals surface area contributed by atoms with Gasteiger partial charge in [0, 0.05) is 17.1 Å². The SMILES string of the molecule is Cc1ccc(OCCCCn2c(-c3ccc(Cl)cc3)nc3ccccc3c2=O)c(C(C)(C)C)c1. The Morgan fingerprint density at radius 2 is 1.71 bits per heavy atom. The first-order chi connectivity index (χ1) is 16.2. The lowest BCUT2D eigenvalue weighted by Gasteiger charge is -2.23. The number of halogens is 1. The van der Waals surface area contributed by atoms with Crippen LogP contribution in [0.2, 0.25) is 5.02 Å². The van der Waals surface area contributed by atoms with Crippen LogP contribution in [0, 0.1) is 6.92 Å². The molecule has 0 fully saturated rings. The predicted octanol–water partition coefficient (Wildman–Crippen LogP) is 7.18. The highest BCUT2D eigenvalue weighted by Crippen LogP contribution is 2.32. The van der Waals surface area contributed by atoms with Crippen molar-refractivity contribution < 1.29 is 4.74 Å². The van der Waals surface area contributed by atoms with Gasteiger partial charge in [-0.2, -0.15) is 0 Å². The first-order valence-electron chi connectivity index (χ1n) is 11.7. The van der Waals surface area contributed by atoms with E-state index in [0.717, 1.165) is 24.2 Å². The van der Waals surface area contributed by atoms with Crippen LogP contribution in [0.3, 0.4) is 0 Å². The van der Waals surface area contributed by atoms with Crippen molar-refractivity contribution in [2.45, 2.75) is 52.5 Å². The molecule has 1 aromatic heterocycles. The summed E-state index contributed by atoms with van der Waals surface area (Å²) >= 11 is 6.08. The van der Waals surface area contributed by atoms with Crippen LogP contribution in [0.1, 0.15) is 44.7 Å². The number of hydrogen-bond donors (Lipinski definition) is 0. The molecule has 0 unspecified atom stereocenters. The molecule has 0 aliphatic heterocycles. The molecule has 0 amide bonds. The van der Waals surface area contributed by atoms with Gasteiger partial charge < -0.3 is 4.74 Å². The fourth-order valence-corrected chi connectivity index (χ4v) is 4.23. The van der Waals surface area contributed by atoms with Gasteiger partial charge in [0.05, 0.1) is 17.5 Å². The summed E-state index contributed by atoms with van der Waals surface area (Å²) in [5, 5.41) is 1.28. The molecule has 0 bridgehead atoms. The molecule has 0 atom stereocenters. The average Bonchev–Trinajstić information content (AvgIpc) is 2.81. The van der Waals surface area contributed by atoms with Crippen molar-refractivity contribution in [1.82, 2.24) is 9.55 Å². The van der Waals surface area contributed by atoms with Crippen molar-refractivity contribution in [1.29, 1.82) is 0 Å². The minimum absolute atomic E-state index is 0.0128. The fraction of sp³-hybridized carbons (Fsp3) is 0.310. The van der Waals surface area contributed by atoms with E-state index in [2.05, 4.69) is 45.9 Å². The van der Waals surface area contributed by atoms with Gasteiger partial charge in [-0.05, 0) is 73.2 Å². The molecule has 3 aromatic carbocycles. The van der Waals surface area contributed by atoms with Crippen molar-refractivity contribution >= 4 is 22.5 Å². The number of aromatic nitrogens is 2. The minimum Gasteiger partial charge on any atom is -0.493 e. The van der Waals surface area contributed by atoms with Gasteiger partial charge in [-0.3, -0.25) is 9.36 Å². The standard InChI is InChI=1S/C29H31ClN2O2/c1-20-11-16-26(24(19-20)29(2,3)4)34-18-8-7-17-32-27(21-12-14-22(30)15-13-21)31-25-10-6-5-9-23(25)28(32)33/h5-6,9-16,19H,7-8,17-18H2,1-4H3. The van der Waals surface area contributed by atoms with Crippen LogP contribution in [0.4, 0.5) is 0 Å². The maximum Gasteiger partial charge on any atom is 0.261 e. The largest absolute Gasteiger partial charge is 0.493 e. The molecule has 0 saturated heterocycles. The highest BCUT2D eigenvalue weighted by atomic mass is 35.5. The highest BCUT2D eigenvalue weighted by molar-refractivity contribution is 6.30. The molecule has 4 aromatic rings. The number of hydrogen-bond acceptors (Lipinski definition) is 3. The van der Waals surface area contributed by atoms with Crippen LogP contribution in [0.5, 0.6) is 5.75 Å². The van der Waals surface area contributed by atoms with Crippen LogP contribution < -0.4 is 10.3 Å². The molecular weight excluding hydrogens is 444 g/mol. The third-order valence-corrected chi connectivity index (χ3v) is 6.19. The predicted molar refractivity (Wildman–Crippen MR) is 141 cm³/mol. The number of rotatable bonds is 7. The Labute approximate surface area is 206 Å². The van der Waals surface area contributed by atoms with Gasteiger partial charge in [-0.1, -0.05) is 62.2 Å². The second kappa shape index (κ2) is 10.0. The first kappa shape index (κ1) is 24.0. The van der Waals surface area contributed by atoms with Crippen molar-refractivity contribution in [3.63, 3.8) is 0 Å². The first-order valence-corrected chi connectivity index (χ1v) is 12.1. The topological polar surface area (TPSA) is 44.1 Å². The van der Waals surface area contributed by atoms with E-state index in [-0.39, 0.29) is 11.0 Å². The molecule has 176 valence electrons. The van der Waals surface area contributed by atoms with Crippen molar-refractivity contribution in [2.75, 3.05) is 6.61 Å². The van der Waals surface area contributed by atoms with Gasteiger partial charge >= 0.3 is 0 Å². The Bertz CT molecular complexity index is 1350. The Balaban J connectivity index is 1.52. The number of ether oxygens (including phenoxy) is 1. The van der Waals surface area contributed by atoms with Crippen LogP contribution in [0.15, 0.2) is 71.5 Å². The van der Waals surface area contributed by atoms with Gasteiger partial charge in [-0.15, -0.1) is 0 Å². The van der Waals surface area contributed by atoms with Crippen LogP contribution in [0.25, 0.3) is 22.3 Å². The molecule has 1 heterocycles. The molecular formula is C29H31ClN2O2. The number of aryl methyl sites for hydroxylation is 1. The third kappa shape index (κ3) is 5.34. The lowest BCUT2D eigenvalue weighted by molar-refractivity contribution is 0.295. The van der Waals surface area contributed by atoms with Crippen LogP contribution in [-0.2, 0) is 12.0 Å². The van der Waals surface area contributed by atoms with Gasteiger partial charge in [-0.25, -0.2) is 4.98 Å². The van der Waals surface area contributed by atoms with E-state index in [1.807, 2.05) is 48.5 Å². The zero-order valence-electron chi connectivity index (χ0n) is 20.3. The summed E-state index contributed by atoms with van der Waals surface area (Å²) in [6, 6.07) is 21.3. The molecule has 0 aliphatic carbocycles. The van der Waals surface area contributed by atoms with Gasteiger partial charge in [0.15, 0.2) is 0 Å². The smallest absolute Gasteiger partial charge is 0.261 e. The Morgan fingerprint density at radius 3 is 2.44 bits per heavy atom. The number of para-hydroxylation sites is 1. The molecule has 0 spiro atoms. The van der Waals surface area contributed by atoms with Crippen molar-refractivity contribution in [2.24, 2.45) is 0 Å². The second-order valence-electron chi connectivity index (χ2n) is 9.72. The zero-order chi connectivity index (χ0) is 24.3. The molecule has 34 heavy (non-hydrogen) atoms. The minimum atomic E-state index is -0.0231. The molecule has 0 N–H and O–H groups in total. The summed E-state index contributed by atoms with van der Waals surface area (Å²) in [5.41, 5.74) is 4.01. The number of benzene rings is 3. The number of fused-ring (bicyclic) bond motifs is 1. The summed E-state index contributed by atoms with van der Waals surface area (Å²) in [6.45, 7) is 9.87. The normalized spacial score (nSPS) is 11.7. The van der Waals surface area contributed by atoms with Gasteiger partial charge in [0.25, 0.3) is 5.56 Å². The molecule has 0 aliphatic rings. The van der Waals surface area contributed by atoms with Crippen molar-refractivity contribution in [3.8, 4) is 17.1 Å². The molecule has 0 saturated carbocycles. The Morgan fingerprint density at radius 1 is 0.971 bits per heavy atom. The van der Waals surface area contributed by atoms with E-state index in [4.69, 9.17) is 21.3 Å². The molecule has 4 rings (SSSR count). The van der Waals surface area contributed by atoms with E-state index in [0.29, 0.717) is 34.9 Å². The summed E-state index contributed by atoms with van der Waals surface area (Å²) in [7, 11) is 0. The summed E-state index contributed by atoms with van der Waals surface area (Å²) in [6.07, 6.45) is 1.63. The van der Waals surface area contributed by atoms with E-state index < -0.39 is 0 Å². The molecule has 4 nitrogen and oxygen atoms in total. The van der Waals surface area contributed by atoms with Gasteiger partial charge in [0.1, 0.15) is 11.6 Å². The zero-order valence-corrected chi connectivity index (χ0v) is 21.0. The maximum absolute atomic E-state index is 13.3. The quantitative estimate of drug-likeness (QED) is 0.266. The van der Waals surface area contributed by atoms with E-state index >= 15 is 0 Å². The summed E-state index contributed by atoms with van der Waals surface area (Å²) in [5.74, 6) is 1.60. The lowest BCUT2D eigenvalue weighted by Crippen LogP contribution is -2.24. The van der Waals surface area contributed by atoms with E-state index in [1.165, 1.54) is 11.1 Å². The highest BCUT2D eigenvalue weighted by Gasteiger charge is 2.19. The Hall–Kier alpha value is -3.11. The lowest BCUT2D eigenvalue weighted by atomic mass is 9.85. The molecule has 5 heteroatoms. The summed E-state index contributed by atoms with van der Waals surface area (Å²) < 4.78 is 7.94. The fourth-order valence-electron chi connectivity index (χ4n) is 4.10. The molecule has 0 radical (unpaired) electrons. The summed E-state index contributed by atoms with van der Waals surface area (Å²) in [4.78, 5) is 18.1. The third-order valence-electron chi connectivity index (χ3n) is 5.94. The number of nitrogens with zero attached hydrogens (tertiary/aromatic N) is 2.